The van der Waals surface area contributed by atoms with Gasteiger partial charge in [0.25, 0.3) is 10.0 Å². The third kappa shape index (κ3) is 8.31. The van der Waals surface area contributed by atoms with E-state index in [0.717, 1.165) is 36.8 Å². The molecule has 0 aromatic heterocycles. The second kappa shape index (κ2) is 12.3. The number of nitrogens with one attached hydrogen (secondary N) is 2. The number of sulfonamides is 1. The van der Waals surface area contributed by atoms with Crippen molar-refractivity contribution in [1.29, 1.82) is 0 Å². The number of halogens is 3. The Hall–Kier alpha value is -3.86. The number of rotatable bonds is 9. The Bertz CT molecular complexity index is 1390. The maximum atomic E-state index is 12.8. The zero-order valence-electron chi connectivity index (χ0n) is 21.2. The summed E-state index contributed by atoms with van der Waals surface area (Å²) in [7, 11) is -3.65. The molecule has 0 saturated heterocycles. The molecule has 1 aliphatic carbocycles. The third-order valence-corrected chi connectivity index (χ3v) is 7.57. The molecule has 0 heterocycles. The maximum Gasteiger partial charge on any atom is 0.490 e. The van der Waals surface area contributed by atoms with Gasteiger partial charge in [-0.25, -0.2) is 13.2 Å². The largest absolute Gasteiger partial charge is 0.490 e. The molecule has 3 aromatic carbocycles. The zero-order chi connectivity index (χ0) is 28.7. The lowest BCUT2D eigenvalue weighted by molar-refractivity contribution is -0.192. The molecule has 0 atom stereocenters. The highest BCUT2D eigenvalue weighted by Crippen LogP contribution is 2.48. The Balaban J connectivity index is 0.000000532. The first kappa shape index (κ1) is 29.7. The molecule has 0 spiro atoms. The summed E-state index contributed by atoms with van der Waals surface area (Å²) < 4.78 is 59.6. The van der Waals surface area contributed by atoms with Crippen LogP contribution in [0.15, 0.2) is 83.8 Å². The fourth-order valence-electron chi connectivity index (χ4n) is 3.93. The molecule has 4 rings (SSSR count). The summed E-state index contributed by atoms with van der Waals surface area (Å²) in [5, 5.41) is 10.2. The predicted octanol–water partition coefficient (Wildman–Crippen LogP) is 5.21. The monoisotopic (exact) mass is 562 g/mol. The summed E-state index contributed by atoms with van der Waals surface area (Å²) in [6, 6.07) is 24.2. The van der Waals surface area contributed by atoms with Gasteiger partial charge in [0.05, 0.1) is 10.3 Å². The van der Waals surface area contributed by atoms with E-state index in [-0.39, 0.29) is 10.8 Å². The Morgan fingerprint density at radius 1 is 0.949 bits per heavy atom. The van der Waals surface area contributed by atoms with Crippen LogP contribution in [0, 0.1) is 6.92 Å². The van der Waals surface area contributed by atoms with Gasteiger partial charge in [0, 0.05) is 12.2 Å². The lowest BCUT2D eigenvalue weighted by Gasteiger charge is -2.17. The molecule has 0 aliphatic heterocycles. The van der Waals surface area contributed by atoms with Crippen LogP contribution in [0.25, 0.3) is 0 Å². The zero-order valence-corrected chi connectivity index (χ0v) is 22.0. The topological polar surface area (TPSA) is 113 Å². The van der Waals surface area contributed by atoms with Gasteiger partial charge in [-0.05, 0) is 73.6 Å². The molecule has 0 radical (unpaired) electrons. The van der Waals surface area contributed by atoms with Gasteiger partial charge in [0.15, 0.2) is 0 Å². The molecule has 0 unspecified atom stereocenters. The quantitative estimate of drug-likeness (QED) is 0.310. The Morgan fingerprint density at radius 2 is 1.56 bits per heavy atom. The molecule has 3 aromatic rings. The van der Waals surface area contributed by atoms with Gasteiger partial charge >= 0.3 is 12.1 Å². The molecule has 7 nitrogen and oxygen atoms in total. The summed E-state index contributed by atoms with van der Waals surface area (Å²) in [5.41, 5.74) is 3.08. The van der Waals surface area contributed by atoms with Gasteiger partial charge in [-0.2, -0.15) is 13.2 Å². The van der Waals surface area contributed by atoms with Crippen molar-refractivity contribution < 1.29 is 36.3 Å². The van der Waals surface area contributed by atoms with E-state index in [1.54, 1.807) is 30.3 Å². The van der Waals surface area contributed by atoms with Crippen molar-refractivity contribution in [3.8, 4) is 0 Å². The highest BCUT2D eigenvalue weighted by atomic mass is 32.2. The van der Waals surface area contributed by atoms with E-state index in [0.29, 0.717) is 12.2 Å². The van der Waals surface area contributed by atoms with Gasteiger partial charge in [0.1, 0.15) is 0 Å². The van der Waals surface area contributed by atoms with Crippen LogP contribution in [0.1, 0.15) is 36.0 Å². The van der Waals surface area contributed by atoms with Crippen molar-refractivity contribution >= 4 is 27.6 Å². The predicted molar refractivity (Wildman–Crippen MR) is 141 cm³/mol. The second-order valence-corrected chi connectivity index (χ2v) is 10.9. The summed E-state index contributed by atoms with van der Waals surface area (Å²) >= 11 is 0. The number of carbonyl (C=O) groups excluding carboxylic acids is 1. The number of benzene rings is 3. The number of aliphatic carboxylic acids is 1. The SMILES string of the molecule is Cc1cccc(S(=O)(=O)Nc2ccc(C3(C(=O)NCCCc4ccccc4)CC3)cc2)c1.O=C(O)C(F)(F)F. The summed E-state index contributed by atoms with van der Waals surface area (Å²) in [4.78, 5) is 22.0. The van der Waals surface area contributed by atoms with Gasteiger partial charge in [-0.15, -0.1) is 0 Å². The van der Waals surface area contributed by atoms with Gasteiger partial charge in [0.2, 0.25) is 5.91 Å². The highest BCUT2D eigenvalue weighted by Gasteiger charge is 2.51. The lowest BCUT2D eigenvalue weighted by atomic mass is 9.94. The molecular formula is C28H29F3N2O5S. The molecular weight excluding hydrogens is 533 g/mol. The molecule has 1 aliphatic rings. The van der Waals surface area contributed by atoms with E-state index < -0.39 is 27.6 Å². The molecule has 1 amide bonds. The smallest absolute Gasteiger partial charge is 0.475 e. The first-order chi connectivity index (χ1) is 18.3. The normalized spacial score (nSPS) is 13.9. The minimum Gasteiger partial charge on any atom is -0.475 e. The lowest BCUT2D eigenvalue weighted by Crippen LogP contribution is -2.35. The number of carboxylic acids is 1. The van der Waals surface area contributed by atoms with Crippen LogP contribution in [0.4, 0.5) is 18.9 Å². The van der Waals surface area contributed by atoms with Crippen molar-refractivity contribution in [2.45, 2.75) is 49.1 Å². The van der Waals surface area contributed by atoms with E-state index in [1.165, 1.54) is 5.56 Å². The van der Waals surface area contributed by atoms with Crippen LogP contribution in [-0.2, 0) is 31.4 Å². The molecule has 1 fully saturated rings. The summed E-state index contributed by atoms with van der Waals surface area (Å²) in [6.45, 7) is 2.50. The average Bonchev–Trinajstić information content (AvgIpc) is 3.69. The van der Waals surface area contributed by atoms with Crippen LogP contribution >= 0.6 is 0 Å². The van der Waals surface area contributed by atoms with Crippen molar-refractivity contribution in [2.24, 2.45) is 0 Å². The highest BCUT2D eigenvalue weighted by molar-refractivity contribution is 7.92. The molecule has 0 bridgehead atoms. The van der Waals surface area contributed by atoms with Crippen LogP contribution < -0.4 is 10.0 Å². The van der Waals surface area contributed by atoms with E-state index in [9.17, 15) is 26.4 Å². The number of carbonyl (C=O) groups is 2. The van der Waals surface area contributed by atoms with Crippen LogP contribution in [-0.4, -0.2) is 38.1 Å². The number of anilines is 1. The van der Waals surface area contributed by atoms with Crippen LogP contribution in [0.3, 0.4) is 0 Å². The molecule has 39 heavy (non-hydrogen) atoms. The van der Waals surface area contributed by atoms with Crippen molar-refractivity contribution in [1.82, 2.24) is 5.32 Å². The van der Waals surface area contributed by atoms with Crippen molar-refractivity contribution in [2.75, 3.05) is 11.3 Å². The number of aryl methyl sites for hydroxylation is 2. The van der Waals surface area contributed by atoms with E-state index in [1.807, 2.05) is 43.3 Å². The minimum absolute atomic E-state index is 0.0543. The van der Waals surface area contributed by atoms with Crippen LogP contribution in [0.5, 0.6) is 0 Å². The Morgan fingerprint density at radius 3 is 2.10 bits per heavy atom. The van der Waals surface area contributed by atoms with Gasteiger partial charge in [-0.3, -0.25) is 9.52 Å². The Labute approximate surface area is 225 Å². The number of alkyl halides is 3. The molecule has 11 heteroatoms. The Kier molecular flexibility index (Phi) is 9.39. The van der Waals surface area contributed by atoms with Crippen LogP contribution in [0.2, 0.25) is 0 Å². The minimum atomic E-state index is -5.08. The standard InChI is InChI=1S/C26H28N2O3S.C2HF3O2/c1-20-7-5-11-24(19-20)32(30,31)28-23-14-12-22(13-15-23)26(16-17-26)25(29)27-18-6-10-21-8-3-2-4-9-21;3-2(4,5)1(6)7/h2-5,7-9,11-15,19,28H,6,10,16-18H2,1H3,(H,27,29);(H,6,7). The molecule has 1 saturated carbocycles. The van der Waals surface area contributed by atoms with E-state index >= 15 is 0 Å². The molecule has 3 N–H and O–H groups in total. The third-order valence-electron chi connectivity index (χ3n) is 6.19. The first-order valence-electron chi connectivity index (χ1n) is 12.2. The molecule has 208 valence electrons. The van der Waals surface area contributed by atoms with E-state index in [2.05, 4.69) is 22.2 Å². The van der Waals surface area contributed by atoms with Crippen molar-refractivity contribution in [3.05, 3.63) is 95.6 Å². The number of hydrogen-bond acceptors (Lipinski definition) is 4. The number of amides is 1. The fourth-order valence-corrected chi connectivity index (χ4v) is 5.10. The second-order valence-electron chi connectivity index (χ2n) is 9.23. The summed E-state index contributed by atoms with van der Waals surface area (Å²) in [5.74, 6) is -2.70. The van der Waals surface area contributed by atoms with Gasteiger partial charge in [-0.1, -0.05) is 54.6 Å². The first-order valence-corrected chi connectivity index (χ1v) is 13.6. The average molecular weight is 563 g/mol. The fraction of sp³-hybridized carbons (Fsp3) is 0.286. The maximum absolute atomic E-state index is 12.8. The van der Waals surface area contributed by atoms with Gasteiger partial charge < -0.3 is 10.4 Å². The summed E-state index contributed by atoms with van der Waals surface area (Å²) in [6.07, 6.45) is -1.63. The van der Waals surface area contributed by atoms with E-state index in [4.69, 9.17) is 9.90 Å². The number of carboxylic acid groups (broad SMARTS) is 1. The van der Waals surface area contributed by atoms with Crippen molar-refractivity contribution in [3.63, 3.8) is 0 Å². The number of hydrogen-bond donors (Lipinski definition) is 3.